The molecule has 1 aliphatic heterocycles. The summed E-state index contributed by atoms with van der Waals surface area (Å²) in [5.74, 6) is 5.44. The predicted molar refractivity (Wildman–Crippen MR) is 64.3 cm³/mol. The van der Waals surface area contributed by atoms with Gasteiger partial charge in [-0.3, -0.25) is 15.1 Å². The Morgan fingerprint density at radius 3 is 2.72 bits per heavy atom. The number of hydrogen-bond donors (Lipinski definition) is 2. The average molecular weight is 273 g/mol. The molecule has 1 saturated heterocycles. The zero-order chi connectivity index (χ0) is 13.2. The lowest BCUT2D eigenvalue weighted by Gasteiger charge is -2.25. The fourth-order valence-electron chi connectivity index (χ4n) is 1.85. The lowest BCUT2D eigenvalue weighted by molar-refractivity contribution is 0.0950. The molecule has 0 aliphatic carbocycles. The zero-order valence-electron chi connectivity index (χ0n) is 9.76. The van der Waals surface area contributed by atoms with Crippen LogP contribution in [0, 0.1) is 0 Å². The predicted octanol–water partition coefficient (Wildman–Crippen LogP) is -0.887. The molecule has 0 aromatic carbocycles. The summed E-state index contributed by atoms with van der Waals surface area (Å²) in [6.45, 7) is 1.31. The molecule has 1 aliphatic rings. The standard InChI is InChI=1S/C10H15N3O4S/c11-12-10(14)8-1-4-17-9(8)7-13-2-5-18(15,16)6-3-13/h1,4H,2-3,5-7,11H2,(H,12,14). The number of nitrogens with zero attached hydrogens (tertiary/aromatic N) is 1. The molecule has 0 bridgehead atoms. The Kier molecular flexibility index (Phi) is 3.69. The van der Waals surface area contributed by atoms with E-state index in [2.05, 4.69) is 0 Å². The van der Waals surface area contributed by atoms with E-state index in [1.165, 1.54) is 12.3 Å². The van der Waals surface area contributed by atoms with Gasteiger partial charge in [0.1, 0.15) is 5.76 Å². The Balaban J connectivity index is 2.03. The molecular weight excluding hydrogens is 258 g/mol. The maximum atomic E-state index is 11.4. The van der Waals surface area contributed by atoms with Gasteiger partial charge in [-0.1, -0.05) is 0 Å². The third-order valence-electron chi connectivity index (χ3n) is 2.93. The van der Waals surface area contributed by atoms with Crippen LogP contribution in [0.4, 0.5) is 0 Å². The van der Waals surface area contributed by atoms with Crippen LogP contribution in [-0.2, 0) is 16.4 Å². The number of carbonyl (C=O) groups is 1. The van der Waals surface area contributed by atoms with Crippen molar-refractivity contribution in [3.63, 3.8) is 0 Å². The van der Waals surface area contributed by atoms with Crippen molar-refractivity contribution in [2.45, 2.75) is 6.54 Å². The minimum atomic E-state index is -2.90. The minimum Gasteiger partial charge on any atom is -0.467 e. The van der Waals surface area contributed by atoms with Crippen molar-refractivity contribution in [3.8, 4) is 0 Å². The maximum Gasteiger partial charge on any atom is 0.268 e. The number of nitrogens with one attached hydrogen (secondary N) is 1. The van der Waals surface area contributed by atoms with Crippen LogP contribution in [-0.4, -0.2) is 43.8 Å². The lowest BCUT2D eigenvalue weighted by Crippen LogP contribution is -2.40. The van der Waals surface area contributed by atoms with Gasteiger partial charge in [-0.05, 0) is 6.07 Å². The van der Waals surface area contributed by atoms with Crippen LogP contribution in [0.2, 0.25) is 0 Å². The van der Waals surface area contributed by atoms with E-state index >= 15 is 0 Å². The van der Waals surface area contributed by atoms with Gasteiger partial charge in [0, 0.05) is 13.1 Å². The van der Waals surface area contributed by atoms with Crippen molar-refractivity contribution in [2.75, 3.05) is 24.6 Å². The first-order valence-electron chi connectivity index (χ1n) is 5.52. The molecule has 0 spiro atoms. The third kappa shape index (κ3) is 2.89. The second kappa shape index (κ2) is 5.09. The Hall–Kier alpha value is -1.38. The number of hydrogen-bond acceptors (Lipinski definition) is 6. The highest BCUT2D eigenvalue weighted by Crippen LogP contribution is 2.15. The van der Waals surface area contributed by atoms with Gasteiger partial charge in [0.25, 0.3) is 5.91 Å². The van der Waals surface area contributed by atoms with Crippen molar-refractivity contribution < 1.29 is 17.6 Å². The summed E-state index contributed by atoms with van der Waals surface area (Å²) < 4.78 is 27.8. The fourth-order valence-corrected chi connectivity index (χ4v) is 3.13. The van der Waals surface area contributed by atoms with Gasteiger partial charge in [-0.25, -0.2) is 14.3 Å². The summed E-state index contributed by atoms with van der Waals surface area (Å²) in [5.41, 5.74) is 2.43. The van der Waals surface area contributed by atoms with Gasteiger partial charge >= 0.3 is 0 Å². The minimum absolute atomic E-state index is 0.145. The largest absolute Gasteiger partial charge is 0.467 e. The average Bonchev–Trinajstić information content (AvgIpc) is 2.79. The van der Waals surface area contributed by atoms with E-state index in [9.17, 15) is 13.2 Å². The Labute approximate surface area is 105 Å². The van der Waals surface area contributed by atoms with Crippen LogP contribution in [0.3, 0.4) is 0 Å². The van der Waals surface area contributed by atoms with Crippen molar-refractivity contribution in [3.05, 3.63) is 23.7 Å². The molecule has 1 amide bonds. The van der Waals surface area contributed by atoms with E-state index in [4.69, 9.17) is 10.3 Å². The number of amides is 1. The molecule has 1 fully saturated rings. The molecule has 1 aromatic heterocycles. The first-order valence-corrected chi connectivity index (χ1v) is 7.34. The first kappa shape index (κ1) is 13.1. The smallest absolute Gasteiger partial charge is 0.268 e. The van der Waals surface area contributed by atoms with Crippen molar-refractivity contribution in [2.24, 2.45) is 5.84 Å². The van der Waals surface area contributed by atoms with Crippen LogP contribution in [0.1, 0.15) is 16.1 Å². The topological polar surface area (TPSA) is 106 Å². The highest BCUT2D eigenvalue weighted by Gasteiger charge is 2.24. The molecule has 0 unspecified atom stereocenters. The van der Waals surface area contributed by atoms with Gasteiger partial charge < -0.3 is 4.42 Å². The van der Waals surface area contributed by atoms with Crippen molar-refractivity contribution in [1.82, 2.24) is 10.3 Å². The van der Waals surface area contributed by atoms with Crippen LogP contribution in [0.15, 0.2) is 16.7 Å². The highest BCUT2D eigenvalue weighted by atomic mass is 32.2. The number of rotatable bonds is 3. The Morgan fingerprint density at radius 1 is 1.44 bits per heavy atom. The lowest BCUT2D eigenvalue weighted by atomic mass is 10.2. The molecule has 0 atom stereocenters. The third-order valence-corrected chi connectivity index (χ3v) is 4.53. The zero-order valence-corrected chi connectivity index (χ0v) is 10.6. The van der Waals surface area contributed by atoms with E-state index in [-0.39, 0.29) is 11.5 Å². The van der Waals surface area contributed by atoms with Gasteiger partial charge in [0.2, 0.25) is 0 Å². The molecule has 2 heterocycles. The number of nitrogen functional groups attached to an aromatic ring is 1. The van der Waals surface area contributed by atoms with E-state index in [1.807, 2.05) is 10.3 Å². The summed E-state index contributed by atoms with van der Waals surface area (Å²) >= 11 is 0. The molecule has 0 radical (unpaired) electrons. The second-order valence-corrected chi connectivity index (χ2v) is 6.46. The van der Waals surface area contributed by atoms with Crippen molar-refractivity contribution >= 4 is 15.7 Å². The molecule has 2 rings (SSSR count). The summed E-state index contributed by atoms with van der Waals surface area (Å²) in [4.78, 5) is 13.4. The molecule has 8 heteroatoms. The second-order valence-electron chi connectivity index (χ2n) is 4.16. The van der Waals surface area contributed by atoms with Gasteiger partial charge in [0.15, 0.2) is 9.84 Å². The molecule has 0 saturated carbocycles. The number of carbonyl (C=O) groups excluding carboxylic acids is 1. The number of hydrazine groups is 1. The van der Waals surface area contributed by atoms with Gasteiger partial charge in [-0.2, -0.15) is 0 Å². The Morgan fingerprint density at radius 2 is 2.11 bits per heavy atom. The molecular formula is C10H15N3O4S. The quantitative estimate of drug-likeness (QED) is 0.420. The Bertz CT molecular complexity index is 523. The molecule has 18 heavy (non-hydrogen) atoms. The first-order chi connectivity index (χ1) is 8.52. The molecule has 3 N–H and O–H groups in total. The summed E-state index contributed by atoms with van der Waals surface area (Å²) in [6, 6.07) is 1.54. The number of furan rings is 1. The molecule has 1 aromatic rings. The van der Waals surface area contributed by atoms with Crippen LogP contribution >= 0.6 is 0 Å². The van der Waals surface area contributed by atoms with Crippen molar-refractivity contribution in [1.29, 1.82) is 0 Å². The SMILES string of the molecule is NNC(=O)c1ccoc1CN1CCS(=O)(=O)CC1. The van der Waals surface area contributed by atoms with Crippen LogP contribution in [0.5, 0.6) is 0 Å². The summed E-state index contributed by atoms with van der Waals surface area (Å²) in [6.07, 6.45) is 1.42. The number of sulfone groups is 1. The van der Waals surface area contributed by atoms with E-state index < -0.39 is 15.7 Å². The fraction of sp³-hybridized carbons (Fsp3) is 0.500. The summed E-state index contributed by atoms with van der Waals surface area (Å²) in [7, 11) is -2.90. The number of nitrogens with two attached hydrogens (primary N) is 1. The van der Waals surface area contributed by atoms with E-state index in [0.717, 1.165) is 0 Å². The van der Waals surface area contributed by atoms with Gasteiger partial charge in [-0.15, -0.1) is 0 Å². The maximum absolute atomic E-state index is 11.4. The normalized spacial score (nSPS) is 19.6. The van der Waals surface area contributed by atoms with E-state index in [1.54, 1.807) is 0 Å². The van der Waals surface area contributed by atoms with E-state index in [0.29, 0.717) is 31.0 Å². The highest BCUT2D eigenvalue weighted by molar-refractivity contribution is 7.91. The van der Waals surface area contributed by atoms with Crippen LogP contribution in [0.25, 0.3) is 0 Å². The summed E-state index contributed by atoms with van der Waals surface area (Å²) in [5, 5.41) is 0. The molecule has 100 valence electrons. The monoisotopic (exact) mass is 273 g/mol. The molecule has 7 nitrogen and oxygen atoms in total. The van der Waals surface area contributed by atoms with Crippen LogP contribution < -0.4 is 11.3 Å². The van der Waals surface area contributed by atoms with Gasteiger partial charge in [0.05, 0.1) is 29.9 Å².